The molecular weight excluding hydrogens is 634 g/mol. The van der Waals surface area contributed by atoms with Gasteiger partial charge in [-0.3, -0.25) is 9.59 Å². The number of fused-ring (bicyclic) bond motifs is 1. The largest absolute Gasteiger partial charge is 0.464 e. The zero-order chi connectivity index (χ0) is 33.8. The molecule has 1 heterocycles. The molecule has 0 aliphatic rings. The summed E-state index contributed by atoms with van der Waals surface area (Å²) in [5, 5.41) is 5.55. The van der Waals surface area contributed by atoms with Gasteiger partial charge >= 0.3 is 5.97 Å². The molecule has 0 radical (unpaired) electrons. The number of ether oxygens (including phenoxy) is 1. The zero-order valence-electron chi connectivity index (χ0n) is 26.9. The van der Waals surface area contributed by atoms with Crippen molar-refractivity contribution in [2.45, 2.75) is 64.6 Å². The first-order chi connectivity index (χ1) is 22.0. The minimum absolute atomic E-state index is 0.0557. The van der Waals surface area contributed by atoms with Gasteiger partial charge in [-0.15, -0.1) is 23.2 Å². The molecule has 1 aromatic heterocycles. The minimum atomic E-state index is -0.967. The van der Waals surface area contributed by atoms with E-state index in [1.165, 1.54) is 12.1 Å². The predicted molar refractivity (Wildman–Crippen MR) is 181 cm³/mol. The number of nitrogens with zero attached hydrogens (tertiary/aromatic N) is 3. The number of anilines is 1. The van der Waals surface area contributed by atoms with E-state index in [-0.39, 0.29) is 31.2 Å². The van der Waals surface area contributed by atoms with Gasteiger partial charge in [-0.1, -0.05) is 26.0 Å². The number of amides is 2. The van der Waals surface area contributed by atoms with Crippen molar-refractivity contribution in [3.05, 3.63) is 59.7 Å². The molecule has 46 heavy (non-hydrogen) atoms. The van der Waals surface area contributed by atoms with Crippen LogP contribution >= 0.6 is 23.2 Å². The van der Waals surface area contributed by atoms with Crippen molar-refractivity contribution in [2.24, 2.45) is 18.7 Å². The standard InChI is InChI=1S/C33H45Cl2FN6O4/c1-5-46-33(45)26(11-13-30-38-27-20-24(10-12-29(27)41(30)4)42(16-14-34)17-15-35)39-32(44)28(18-21(2)3)40-31(43)25(37)19-22-6-8-23(36)9-7-22/h6-10,12,20-21,25-26,28H,5,11,13-19,37H2,1-4H3,(H,39,44)(H,40,43)/t25-,26-,28-/m0/s1. The molecule has 0 fully saturated rings. The van der Waals surface area contributed by atoms with E-state index in [0.717, 1.165) is 22.5 Å². The third-order valence-corrected chi connectivity index (χ3v) is 7.96. The van der Waals surface area contributed by atoms with E-state index in [2.05, 4.69) is 15.5 Å². The van der Waals surface area contributed by atoms with Crippen LogP contribution in [-0.2, 0) is 39.0 Å². The van der Waals surface area contributed by atoms with Crippen LogP contribution in [0.5, 0.6) is 0 Å². The Labute approximate surface area is 280 Å². The Balaban J connectivity index is 1.74. The molecule has 0 aliphatic carbocycles. The number of benzene rings is 2. The molecule has 4 N–H and O–H groups in total. The molecule has 2 aromatic carbocycles. The van der Waals surface area contributed by atoms with Crippen molar-refractivity contribution >= 4 is 57.7 Å². The van der Waals surface area contributed by atoms with Crippen LogP contribution in [0.3, 0.4) is 0 Å². The highest BCUT2D eigenvalue weighted by molar-refractivity contribution is 6.18. The quantitative estimate of drug-likeness (QED) is 0.137. The summed E-state index contributed by atoms with van der Waals surface area (Å²) in [6, 6.07) is 8.85. The normalized spacial score (nSPS) is 13.3. The van der Waals surface area contributed by atoms with E-state index in [0.29, 0.717) is 43.3 Å². The van der Waals surface area contributed by atoms with Gasteiger partial charge < -0.3 is 30.6 Å². The summed E-state index contributed by atoms with van der Waals surface area (Å²) in [5.41, 5.74) is 9.50. The third kappa shape index (κ3) is 10.6. The van der Waals surface area contributed by atoms with Crippen molar-refractivity contribution in [2.75, 3.05) is 36.4 Å². The van der Waals surface area contributed by atoms with Crippen LogP contribution in [0.15, 0.2) is 42.5 Å². The van der Waals surface area contributed by atoms with Crippen LogP contribution in [0.4, 0.5) is 10.1 Å². The maximum absolute atomic E-state index is 13.5. The molecule has 0 aliphatic heterocycles. The van der Waals surface area contributed by atoms with Crippen LogP contribution in [-0.4, -0.2) is 76.9 Å². The first-order valence-corrected chi connectivity index (χ1v) is 16.6. The van der Waals surface area contributed by atoms with E-state index in [9.17, 15) is 18.8 Å². The van der Waals surface area contributed by atoms with Crippen molar-refractivity contribution in [3.8, 4) is 0 Å². The molecule has 252 valence electrons. The van der Waals surface area contributed by atoms with Crippen LogP contribution in [0.1, 0.15) is 45.0 Å². The summed E-state index contributed by atoms with van der Waals surface area (Å²) in [5.74, 6) is -0.269. The second-order valence-electron chi connectivity index (χ2n) is 11.6. The summed E-state index contributed by atoms with van der Waals surface area (Å²) in [4.78, 5) is 46.4. The van der Waals surface area contributed by atoms with Gasteiger partial charge in [0, 0.05) is 44.0 Å². The third-order valence-electron chi connectivity index (χ3n) is 7.62. The van der Waals surface area contributed by atoms with E-state index >= 15 is 0 Å². The number of hydrogen-bond acceptors (Lipinski definition) is 7. The van der Waals surface area contributed by atoms with E-state index in [4.69, 9.17) is 38.7 Å². The van der Waals surface area contributed by atoms with Gasteiger partial charge in [0.05, 0.1) is 23.7 Å². The Morgan fingerprint density at radius 3 is 2.28 bits per heavy atom. The van der Waals surface area contributed by atoms with Gasteiger partial charge in [-0.25, -0.2) is 14.2 Å². The second-order valence-corrected chi connectivity index (χ2v) is 12.4. The summed E-state index contributed by atoms with van der Waals surface area (Å²) >= 11 is 12.0. The molecule has 2 amide bonds. The number of alkyl halides is 2. The molecule has 13 heteroatoms. The lowest BCUT2D eigenvalue weighted by Crippen LogP contribution is -2.55. The minimum Gasteiger partial charge on any atom is -0.464 e. The Morgan fingerprint density at radius 1 is 1.02 bits per heavy atom. The number of aromatic nitrogens is 2. The second kappa shape index (κ2) is 18.1. The van der Waals surface area contributed by atoms with Gasteiger partial charge in [0.2, 0.25) is 11.8 Å². The lowest BCUT2D eigenvalue weighted by atomic mass is 10.0. The van der Waals surface area contributed by atoms with Crippen LogP contribution in [0.25, 0.3) is 11.0 Å². The summed E-state index contributed by atoms with van der Waals surface area (Å²) < 4.78 is 20.5. The summed E-state index contributed by atoms with van der Waals surface area (Å²) in [7, 11) is 1.90. The van der Waals surface area contributed by atoms with Crippen LogP contribution in [0, 0.1) is 11.7 Å². The van der Waals surface area contributed by atoms with E-state index < -0.39 is 35.9 Å². The van der Waals surface area contributed by atoms with Crippen LogP contribution in [0.2, 0.25) is 0 Å². The molecule has 0 saturated carbocycles. The number of aryl methyl sites for hydroxylation is 2. The fourth-order valence-electron chi connectivity index (χ4n) is 5.22. The SMILES string of the molecule is CCOC(=O)[C@H](CCc1nc2cc(N(CCCl)CCCl)ccc2n1C)NC(=O)[C@H](CC(C)C)NC(=O)[C@@H](N)Cc1ccc(F)cc1. The maximum atomic E-state index is 13.5. The number of carbonyl (C=O) groups is 3. The van der Waals surface area contributed by atoms with Crippen molar-refractivity contribution in [1.82, 2.24) is 20.2 Å². The number of carbonyl (C=O) groups excluding carboxylic acids is 3. The number of imidazole rings is 1. The number of nitrogens with two attached hydrogens (primary N) is 1. The van der Waals surface area contributed by atoms with Crippen molar-refractivity contribution in [1.29, 1.82) is 0 Å². The summed E-state index contributed by atoms with van der Waals surface area (Å²) in [6.07, 6.45) is 1.10. The van der Waals surface area contributed by atoms with Gasteiger partial charge in [0.1, 0.15) is 23.7 Å². The van der Waals surface area contributed by atoms with Crippen molar-refractivity contribution < 1.29 is 23.5 Å². The summed E-state index contributed by atoms with van der Waals surface area (Å²) in [6.45, 7) is 7.00. The Morgan fingerprint density at radius 2 is 1.67 bits per heavy atom. The molecule has 0 bridgehead atoms. The van der Waals surface area contributed by atoms with E-state index in [1.807, 2.05) is 43.7 Å². The lowest BCUT2D eigenvalue weighted by molar-refractivity contribution is -0.147. The highest BCUT2D eigenvalue weighted by Crippen LogP contribution is 2.24. The monoisotopic (exact) mass is 678 g/mol. The fourth-order valence-corrected chi connectivity index (χ4v) is 5.63. The molecule has 3 atom stereocenters. The number of nitrogens with one attached hydrogen (secondary N) is 2. The average molecular weight is 680 g/mol. The highest BCUT2D eigenvalue weighted by atomic mass is 35.5. The molecule has 3 aromatic rings. The Hall–Kier alpha value is -3.41. The lowest BCUT2D eigenvalue weighted by Gasteiger charge is -2.25. The number of esters is 1. The highest BCUT2D eigenvalue weighted by Gasteiger charge is 2.30. The Kier molecular flexibility index (Phi) is 14.5. The Bertz CT molecular complexity index is 1450. The maximum Gasteiger partial charge on any atom is 0.328 e. The van der Waals surface area contributed by atoms with Crippen molar-refractivity contribution in [3.63, 3.8) is 0 Å². The van der Waals surface area contributed by atoms with Gasteiger partial charge in [-0.2, -0.15) is 0 Å². The zero-order valence-corrected chi connectivity index (χ0v) is 28.4. The van der Waals surface area contributed by atoms with Gasteiger partial charge in [-0.05, 0) is 68.0 Å². The first kappa shape index (κ1) is 37.1. The smallest absolute Gasteiger partial charge is 0.328 e. The topological polar surface area (TPSA) is 132 Å². The molecule has 3 rings (SSSR count). The average Bonchev–Trinajstić information content (AvgIpc) is 3.33. The number of hydrogen-bond donors (Lipinski definition) is 3. The number of halogens is 3. The van der Waals surface area contributed by atoms with Crippen LogP contribution < -0.4 is 21.3 Å². The molecule has 0 spiro atoms. The van der Waals surface area contributed by atoms with E-state index in [1.54, 1.807) is 19.1 Å². The van der Waals surface area contributed by atoms with Gasteiger partial charge in [0.25, 0.3) is 0 Å². The fraction of sp³-hybridized carbons (Fsp3) is 0.515. The van der Waals surface area contributed by atoms with Gasteiger partial charge in [0.15, 0.2) is 0 Å². The molecule has 0 saturated heterocycles. The molecule has 10 nitrogen and oxygen atoms in total. The first-order valence-electron chi connectivity index (χ1n) is 15.6. The predicted octanol–water partition coefficient (Wildman–Crippen LogP) is 4.08. The number of rotatable bonds is 18. The molecular formula is C33H45Cl2FN6O4. The molecule has 0 unspecified atom stereocenters.